The molecule has 0 spiro atoms. The van der Waals surface area contributed by atoms with E-state index in [2.05, 4.69) is 26.0 Å². The number of hydrogen-bond acceptors (Lipinski definition) is 2. The van der Waals surface area contributed by atoms with Gasteiger partial charge >= 0.3 is 6.09 Å². The van der Waals surface area contributed by atoms with E-state index in [0.717, 1.165) is 12.8 Å². The fraction of sp³-hybridized carbons (Fsp3) is 0.409. The van der Waals surface area contributed by atoms with Crippen molar-refractivity contribution in [3.63, 3.8) is 0 Å². The quantitative estimate of drug-likeness (QED) is 0.846. The Labute approximate surface area is 155 Å². The highest BCUT2D eigenvalue weighted by atomic mass is 16.4. The number of carboxylic acid groups (broad SMARTS) is 1. The first-order valence-corrected chi connectivity index (χ1v) is 9.18. The van der Waals surface area contributed by atoms with Crippen molar-refractivity contribution < 1.29 is 15.0 Å². The Balaban J connectivity index is 1.87. The van der Waals surface area contributed by atoms with Crippen LogP contribution in [0.25, 0.3) is 0 Å². The first kappa shape index (κ1) is 18.5. The summed E-state index contributed by atoms with van der Waals surface area (Å²) in [5, 5.41) is 20.6. The molecule has 26 heavy (non-hydrogen) atoms. The maximum Gasteiger partial charge on any atom is 0.412 e. The van der Waals surface area contributed by atoms with Gasteiger partial charge in [0, 0.05) is 11.7 Å². The molecular weight excluding hydrogens is 326 g/mol. The molecule has 0 radical (unpaired) electrons. The van der Waals surface area contributed by atoms with E-state index in [1.54, 1.807) is 0 Å². The molecule has 3 unspecified atom stereocenters. The van der Waals surface area contributed by atoms with Crippen LogP contribution in [0.5, 0.6) is 0 Å². The standard InChI is InChI=1S/C22H27NO3/c1-22(2)17(13-16-9-5-3-6-10-16)14-19(15-20(22)24)23(21(25)26)18-11-7-4-8-12-18/h3-12,17,19-20,24H,13-15H2,1-2H3,(H,25,26). The molecule has 2 aromatic carbocycles. The minimum atomic E-state index is -0.966. The molecule has 2 N–H and O–H groups in total. The third-order valence-corrected chi connectivity index (χ3v) is 5.89. The summed E-state index contributed by atoms with van der Waals surface area (Å²) in [6.45, 7) is 4.18. The third kappa shape index (κ3) is 3.75. The lowest BCUT2D eigenvalue weighted by Gasteiger charge is -2.48. The fourth-order valence-electron chi connectivity index (χ4n) is 4.08. The summed E-state index contributed by atoms with van der Waals surface area (Å²) in [6, 6.07) is 19.2. The van der Waals surface area contributed by atoms with E-state index >= 15 is 0 Å². The highest BCUT2D eigenvalue weighted by molar-refractivity contribution is 5.86. The number of hydrogen-bond donors (Lipinski definition) is 2. The number of aliphatic hydroxyl groups excluding tert-OH is 1. The molecule has 3 atom stereocenters. The number of nitrogens with zero attached hydrogens (tertiary/aromatic N) is 1. The van der Waals surface area contributed by atoms with Gasteiger partial charge in [0.2, 0.25) is 0 Å². The molecule has 1 aliphatic carbocycles. The van der Waals surface area contributed by atoms with Crippen LogP contribution in [0.2, 0.25) is 0 Å². The van der Waals surface area contributed by atoms with Crippen LogP contribution in [0.3, 0.4) is 0 Å². The molecule has 138 valence electrons. The molecule has 0 aromatic heterocycles. The molecule has 1 fully saturated rings. The third-order valence-electron chi connectivity index (χ3n) is 5.89. The van der Waals surface area contributed by atoms with Gasteiger partial charge in [-0.1, -0.05) is 62.4 Å². The zero-order valence-corrected chi connectivity index (χ0v) is 15.4. The molecular formula is C22H27NO3. The van der Waals surface area contributed by atoms with Crippen LogP contribution in [0.1, 0.15) is 32.3 Å². The van der Waals surface area contributed by atoms with E-state index < -0.39 is 12.2 Å². The van der Waals surface area contributed by atoms with E-state index in [1.807, 2.05) is 48.5 Å². The zero-order valence-electron chi connectivity index (χ0n) is 15.4. The van der Waals surface area contributed by atoms with Gasteiger partial charge in [-0.15, -0.1) is 0 Å². The molecule has 4 nitrogen and oxygen atoms in total. The number of anilines is 1. The van der Waals surface area contributed by atoms with Gasteiger partial charge < -0.3 is 10.2 Å². The van der Waals surface area contributed by atoms with Crippen LogP contribution in [0.15, 0.2) is 60.7 Å². The van der Waals surface area contributed by atoms with Crippen LogP contribution in [-0.2, 0) is 6.42 Å². The van der Waals surface area contributed by atoms with Gasteiger partial charge in [0.25, 0.3) is 0 Å². The highest BCUT2D eigenvalue weighted by Gasteiger charge is 2.45. The normalized spacial score (nSPS) is 24.8. The van der Waals surface area contributed by atoms with Crippen molar-refractivity contribution in [1.82, 2.24) is 0 Å². The summed E-state index contributed by atoms with van der Waals surface area (Å²) in [7, 11) is 0. The number of para-hydroxylation sites is 1. The maximum atomic E-state index is 12.0. The summed E-state index contributed by atoms with van der Waals surface area (Å²) in [5.41, 5.74) is 1.63. The van der Waals surface area contributed by atoms with Crippen molar-refractivity contribution in [2.75, 3.05) is 4.90 Å². The van der Waals surface area contributed by atoms with Crippen molar-refractivity contribution in [1.29, 1.82) is 0 Å². The Kier molecular flexibility index (Phi) is 5.33. The second kappa shape index (κ2) is 7.50. The van der Waals surface area contributed by atoms with Crippen LogP contribution >= 0.6 is 0 Å². The summed E-state index contributed by atoms with van der Waals surface area (Å²) in [5.74, 6) is 0.198. The van der Waals surface area contributed by atoms with E-state index in [-0.39, 0.29) is 17.4 Å². The Morgan fingerprint density at radius 2 is 1.62 bits per heavy atom. The topological polar surface area (TPSA) is 60.8 Å². The van der Waals surface area contributed by atoms with Gasteiger partial charge in [0.1, 0.15) is 0 Å². The van der Waals surface area contributed by atoms with Gasteiger partial charge in [-0.05, 0) is 48.3 Å². The van der Waals surface area contributed by atoms with Gasteiger partial charge in [0.05, 0.1) is 6.10 Å². The molecule has 0 aliphatic heterocycles. The molecule has 1 saturated carbocycles. The minimum absolute atomic E-state index is 0.198. The Hall–Kier alpha value is -2.33. The number of amides is 1. The highest BCUT2D eigenvalue weighted by Crippen LogP contribution is 2.44. The van der Waals surface area contributed by atoms with Gasteiger partial charge in [-0.3, -0.25) is 4.90 Å². The molecule has 1 aliphatic rings. The van der Waals surface area contributed by atoms with E-state index in [0.29, 0.717) is 12.1 Å². The largest absolute Gasteiger partial charge is 0.465 e. The van der Waals surface area contributed by atoms with Crippen LogP contribution < -0.4 is 4.90 Å². The lowest BCUT2D eigenvalue weighted by molar-refractivity contribution is -0.0367. The molecule has 0 saturated heterocycles. The SMILES string of the molecule is CC1(C)C(O)CC(N(C(=O)O)c2ccccc2)CC1Cc1ccccc1. The number of benzene rings is 2. The predicted octanol–water partition coefficient (Wildman–Crippen LogP) is 4.58. The number of aliphatic hydroxyl groups is 1. The number of carbonyl (C=O) groups is 1. The minimum Gasteiger partial charge on any atom is -0.465 e. The molecule has 2 aromatic rings. The van der Waals surface area contributed by atoms with Gasteiger partial charge in [-0.2, -0.15) is 0 Å². The van der Waals surface area contributed by atoms with Crippen LogP contribution in [0.4, 0.5) is 10.5 Å². The average Bonchev–Trinajstić information content (AvgIpc) is 2.61. The second-order valence-corrected chi connectivity index (χ2v) is 7.84. The Bertz CT molecular complexity index is 730. The predicted molar refractivity (Wildman–Crippen MR) is 103 cm³/mol. The second-order valence-electron chi connectivity index (χ2n) is 7.84. The fourth-order valence-corrected chi connectivity index (χ4v) is 4.08. The van der Waals surface area contributed by atoms with Crippen molar-refractivity contribution in [2.45, 2.75) is 45.3 Å². The van der Waals surface area contributed by atoms with E-state index in [1.165, 1.54) is 10.5 Å². The first-order chi connectivity index (χ1) is 12.4. The molecule has 3 rings (SSSR count). The maximum absolute atomic E-state index is 12.0. The molecule has 4 heteroatoms. The van der Waals surface area contributed by atoms with Crippen LogP contribution in [0, 0.1) is 11.3 Å². The summed E-state index contributed by atoms with van der Waals surface area (Å²) in [6.07, 6.45) is 0.524. The van der Waals surface area contributed by atoms with Crippen molar-refractivity contribution in [2.24, 2.45) is 11.3 Å². The van der Waals surface area contributed by atoms with E-state index in [9.17, 15) is 15.0 Å². The lowest BCUT2D eigenvalue weighted by Crippen LogP contribution is -2.53. The summed E-state index contributed by atoms with van der Waals surface area (Å²) in [4.78, 5) is 13.4. The van der Waals surface area contributed by atoms with Crippen molar-refractivity contribution >= 4 is 11.8 Å². The smallest absolute Gasteiger partial charge is 0.412 e. The molecule has 1 amide bonds. The Morgan fingerprint density at radius 1 is 1.04 bits per heavy atom. The summed E-state index contributed by atoms with van der Waals surface area (Å²) >= 11 is 0. The monoisotopic (exact) mass is 353 g/mol. The Morgan fingerprint density at radius 3 is 2.19 bits per heavy atom. The number of rotatable bonds is 4. The molecule has 0 bridgehead atoms. The van der Waals surface area contributed by atoms with Crippen molar-refractivity contribution in [3.8, 4) is 0 Å². The first-order valence-electron chi connectivity index (χ1n) is 9.18. The lowest BCUT2D eigenvalue weighted by atomic mass is 9.63. The zero-order chi connectivity index (χ0) is 18.7. The van der Waals surface area contributed by atoms with Gasteiger partial charge in [-0.25, -0.2) is 4.79 Å². The molecule has 0 heterocycles. The van der Waals surface area contributed by atoms with Crippen molar-refractivity contribution in [3.05, 3.63) is 66.2 Å². The average molecular weight is 353 g/mol. The summed E-state index contributed by atoms with van der Waals surface area (Å²) < 4.78 is 0. The van der Waals surface area contributed by atoms with Crippen LogP contribution in [-0.4, -0.2) is 28.5 Å². The van der Waals surface area contributed by atoms with E-state index in [4.69, 9.17) is 0 Å². The van der Waals surface area contributed by atoms with Gasteiger partial charge in [0.15, 0.2) is 0 Å².